The highest BCUT2D eigenvalue weighted by Crippen LogP contribution is 2.33. The summed E-state index contributed by atoms with van der Waals surface area (Å²) in [5.74, 6) is -1.95. The number of aryl methyl sites for hydroxylation is 1. The first-order chi connectivity index (χ1) is 12.2. The van der Waals surface area contributed by atoms with Crippen LogP contribution in [0.15, 0.2) is 29.3 Å². The van der Waals surface area contributed by atoms with Gasteiger partial charge in [0.15, 0.2) is 5.49 Å². The minimum absolute atomic E-state index is 0.312. The van der Waals surface area contributed by atoms with Crippen LogP contribution in [-0.2, 0) is 19.8 Å². The van der Waals surface area contributed by atoms with Crippen LogP contribution in [0, 0.1) is 18.7 Å². The molecule has 0 atom stereocenters. The quantitative estimate of drug-likeness (QED) is 0.755. The van der Waals surface area contributed by atoms with E-state index in [0.29, 0.717) is 24.0 Å². The zero-order valence-electron chi connectivity index (χ0n) is 14.5. The van der Waals surface area contributed by atoms with Crippen molar-refractivity contribution in [2.24, 2.45) is 18.0 Å². The molecule has 26 heavy (non-hydrogen) atoms. The lowest BCUT2D eigenvalue weighted by atomic mass is 10.1. The van der Waals surface area contributed by atoms with Gasteiger partial charge in [-0.25, -0.2) is 4.39 Å². The van der Waals surface area contributed by atoms with Crippen molar-refractivity contribution in [1.29, 1.82) is 0 Å². The summed E-state index contributed by atoms with van der Waals surface area (Å²) in [5, 5.41) is 0. The number of alkyl halides is 3. The van der Waals surface area contributed by atoms with Gasteiger partial charge < -0.3 is 0 Å². The normalized spacial score (nSPS) is 15.5. The molecular formula is C18H19F4N3O. The number of nitrogens with zero attached hydrogens (tertiary/aromatic N) is 3. The third-order valence-corrected chi connectivity index (χ3v) is 4.67. The Hall–Kier alpha value is -2.38. The first kappa shape index (κ1) is 18.4. The number of carbonyl (C=O) groups excluding carboxylic acids is 1. The Balaban J connectivity index is 1.98. The molecule has 0 radical (unpaired) electrons. The lowest BCUT2D eigenvalue weighted by Crippen LogP contribution is -2.24. The van der Waals surface area contributed by atoms with Crippen molar-refractivity contribution in [1.82, 2.24) is 9.36 Å². The minimum Gasteiger partial charge on any atom is -0.291 e. The van der Waals surface area contributed by atoms with Crippen molar-refractivity contribution in [2.45, 2.75) is 38.9 Å². The average molecular weight is 369 g/mol. The highest BCUT2D eigenvalue weighted by atomic mass is 19.4. The van der Waals surface area contributed by atoms with Gasteiger partial charge in [0.05, 0.1) is 11.1 Å². The van der Waals surface area contributed by atoms with Crippen LogP contribution in [0.5, 0.6) is 0 Å². The van der Waals surface area contributed by atoms with E-state index in [1.54, 1.807) is 10.7 Å². The molecule has 1 aliphatic carbocycles. The maximum absolute atomic E-state index is 14.2. The zero-order valence-corrected chi connectivity index (χ0v) is 14.5. The monoisotopic (exact) mass is 369 g/mol. The molecule has 0 unspecified atom stereocenters. The van der Waals surface area contributed by atoms with Gasteiger partial charge in [0.2, 0.25) is 0 Å². The van der Waals surface area contributed by atoms with Crippen molar-refractivity contribution in [3.05, 3.63) is 52.4 Å². The molecule has 0 aliphatic heterocycles. The fourth-order valence-corrected chi connectivity index (χ4v) is 2.85. The highest BCUT2D eigenvalue weighted by molar-refractivity contribution is 5.95. The van der Waals surface area contributed by atoms with E-state index >= 15 is 0 Å². The van der Waals surface area contributed by atoms with Crippen molar-refractivity contribution in [3.63, 3.8) is 0 Å². The third-order valence-electron chi connectivity index (χ3n) is 4.67. The van der Waals surface area contributed by atoms with Gasteiger partial charge in [0, 0.05) is 25.4 Å². The number of hydrogen-bond acceptors (Lipinski definition) is 1. The molecule has 8 heteroatoms. The van der Waals surface area contributed by atoms with Crippen LogP contribution in [0.25, 0.3) is 0 Å². The number of carbonyl (C=O) groups is 1. The fraction of sp³-hybridized carbons (Fsp3) is 0.444. The van der Waals surface area contributed by atoms with E-state index < -0.39 is 29.0 Å². The van der Waals surface area contributed by atoms with Crippen LogP contribution in [0.2, 0.25) is 0 Å². The molecule has 1 aromatic carbocycles. The van der Waals surface area contributed by atoms with Crippen molar-refractivity contribution in [3.8, 4) is 0 Å². The van der Waals surface area contributed by atoms with Gasteiger partial charge in [-0.3, -0.25) is 14.2 Å². The highest BCUT2D eigenvalue weighted by Gasteiger charge is 2.35. The molecule has 1 heterocycles. The molecule has 0 saturated heterocycles. The van der Waals surface area contributed by atoms with Gasteiger partial charge in [-0.05, 0) is 31.4 Å². The van der Waals surface area contributed by atoms with E-state index in [-0.39, 0.29) is 0 Å². The molecule has 0 spiro atoms. The van der Waals surface area contributed by atoms with Crippen molar-refractivity contribution >= 4 is 5.91 Å². The third kappa shape index (κ3) is 3.73. The summed E-state index contributed by atoms with van der Waals surface area (Å²) >= 11 is 0. The Morgan fingerprint density at radius 3 is 2.62 bits per heavy atom. The van der Waals surface area contributed by atoms with Crippen LogP contribution in [-0.4, -0.2) is 15.3 Å². The number of halogens is 4. The van der Waals surface area contributed by atoms with Gasteiger partial charge >= 0.3 is 6.18 Å². The van der Waals surface area contributed by atoms with Crippen molar-refractivity contribution < 1.29 is 22.4 Å². The molecule has 0 N–H and O–H groups in total. The number of amides is 1. The van der Waals surface area contributed by atoms with Crippen LogP contribution in [0.3, 0.4) is 0 Å². The number of aromatic nitrogens is 2. The Bertz CT molecular complexity index is 904. The van der Waals surface area contributed by atoms with Gasteiger partial charge in [-0.15, -0.1) is 0 Å². The topological polar surface area (TPSA) is 39.3 Å². The number of hydrogen-bond donors (Lipinski definition) is 0. The molecular weight excluding hydrogens is 350 g/mol. The first-order valence-electron chi connectivity index (χ1n) is 8.36. The molecule has 1 fully saturated rings. The van der Waals surface area contributed by atoms with E-state index in [4.69, 9.17) is 0 Å². The number of rotatable bonds is 4. The molecule has 1 aliphatic rings. The van der Waals surface area contributed by atoms with Gasteiger partial charge in [0.25, 0.3) is 5.91 Å². The van der Waals surface area contributed by atoms with Crippen LogP contribution >= 0.6 is 0 Å². The zero-order chi connectivity index (χ0) is 19.1. The molecule has 1 amide bonds. The summed E-state index contributed by atoms with van der Waals surface area (Å²) in [6, 6.07) is 4.29. The van der Waals surface area contributed by atoms with E-state index in [2.05, 4.69) is 4.99 Å². The van der Waals surface area contributed by atoms with Gasteiger partial charge in [-0.1, -0.05) is 18.9 Å². The molecule has 0 bridgehead atoms. The molecule has 1 aromatic heterocycles. The second-order valence-electron chi connectivity index (χ2n) is 6.60. The maximum atomic E-state index is 14.2. The van der Waals surface area contributed by atoms with Crippen LogP contribution in [0.1, 0.15) is 40.9 Å². The van der Waals surface area contributed by atoms with E-state index in [0.717, 1.165) is 24.2 Å². The Morgan fingerprint density at radius 1 is 1.31 bits per heavy atom. The van der Waals surface area contributed by atoms with Gasteiger partial charge in [0.1, 0.15) is 5.82 Å². The van der Waals surface area contributed by atoms with Crippen LogP contribution < -0.4 is 5.49 Å². The SMILES string of the molecule is Cc1cc(=NC(=O)c2cccc(C(F)(F)F)c2F)n(CCC2CC2)n1C. The predicted octanol–water partition coefficient (Wildman–Crippen LogP) is 3.83. The Labute approximate surface area is 147 Å². The molecule has 140 valence electrons. The molecule has 1 saturated carbocycles. The Kier molecular flexibility index (Phi) is 4.77. The average Bonchev–Trinajstić information content (AvgIpc) is 3.33. The van der Waals surface area contributed by atoms with E-state index in [1.807, 2.05) is 18.7 Å². The summed E-state index contributed by atoms with van der Waals surface area (Å²) in [7, 11) is 1.82. The maximum Gasteiger partial charge on any atom is 0.419 e. The molecule has 4 nitrogen and oxygen atoms in total. The van der Waals surface area contributed by atoms with Crippen LogP contribution in [0.4, 0.5) is 17.6 Å². The lowest BCUT2D eigenvalue weighted by Gasteiger charge is -2.10. The minimum atomic E-state index is -4.87. The predicted molar refractivity (Wildman–Crippen MR) is 86.8 cm³/mol. The summed E-state index contributed by atoms with van der Waals surface area (Å²) in [6.45, 7) is 2.48. The second-order valence-corrected chi connectivity index (χ2v) is 6.60. The summed E-state index contributed by atoms with van der Waals surface area (Å²) in [6.07, 6.45) is -1.56. The van der Waals surface area contributed by atoms with E-state index in [1.165, 1.54) is 12.8 Å². The standard InChI is InChI=1S/C18H19F4N3O/c1-11-10-15(25(24(11)2)9-8-12-6-7-12)23-17(26)13-4-3-5-14(16(13)19)18(20,21)22/h3-5,10,12H,6-9H2,1-2H3. The van der Waals surface area contributed by atoms with Crippen molar-refractivity contribution in [2.75, 3.05) is 0 Å². The molecule has 3 rings (SSSR count). The lowest BCUT2D eigenvalue weighted by molar-refractivity contribution is -0.140. The fourth-order valence-electron chi connectivity index (χ4n) is 2.85. The molecule has 2 aromatic rings. The first-order valence-corrected chi connectivity index (χ1v) is 8.36. The Morgan fingerprint density at radius 2 is 2.00 bits per heavy atom. The van der Waals surface area contributed by atoms with Gasteiger partial charge in [-0.2, -0.15) is 18.2 Å². The summed E-state index contributed by atoms with van der Waals surface area (Å²) < 4.78 is 56.3. The largest absolute Gasteiger partial charge is 0.419 e. The van der Waals surface area contributed by atoms with E-state index in [9.17, 15) is 22.4 Å². The summed E-state index contributed by atoms with van der Waals surface area (Å²) in [4.78, 5) is 16.2. The smallest absolute Gasteiger partial charge is 0.291 e. The second kappa shape index (κ2) is 6.74. The summed E-state index contributed by atoms with van der Waals surface area (Å²) in [5.41, 5.74) is -0.996. The number of benzene rings is 1.